The average molecular weight is 406 g/mol. The number of carbonyl (C=O) groups is 1. The Bertz CT molecular complexity index is 1090. The maximum atomic E-state index is 13.2. The molecule has 6 nitrogen and oxygen atoms in total. The van der Waals surface area contributed by atoms with E-state index in [1.165, 1.54) is 67.0 Å². The van der Waals surface area contributed by atoms with E-state index in [9.17, 15) is 17.6 Å². The maximum absolute atomic E-state index is 13.2. The van der Waals surface area contributed by atoms with Gasteiger partial charge in [0.2, 0.25) is 0 Å². The second-order valence-electron chi connectivity index (χ2n) is 5.49. The monoisotopic (exact) mass is 405 g/mol. The zero-order valence-electron chi connectivity index (χ0n) is 13.7. The van der Waals surface area contributed by atoms with Crippen LogP contribution < -0.4 is 10.0 Å². The highest BCUT2D eigenvalue weighted by molar-refractivity contribution is 7.92. The van der Waals surface area contributed by atoms with Crippen LogP contribution in [0.2, 0.25) is 5.02 Å². The van der Waals surface area contributed by atoms with Crippen molar-refractivity contribution in [1.82, 2.24) is 4.98 Å². The summed E-state index contributed by atoms with van der Waals surface area (Å²) >= 11 is 5.76. The van der Waals surface area contributed by atoms with Crippen LogP contribution in [0.3, 0.4) is 0 Å². The molecule has 0 unspecified atom stereocenters. The van der Waals surface area contributed by atoms with Gasteiger partial charge in [0.1, 0.15) is 5.82 Å². The van der Waals surface area contributed by atoms with Crippen LogP contribution in [-0.4, -0.2) is 19.3 Å². The Labute approximate surface area is 160 Å². The third kappa shape index (κ3) is 4.81. The minimum absolute atomic E-state index is 0.0153. The number of benzene rings is 2. The van der Waals surface area contributed by atoms with Gasteiger partial charge in [0.05, 0.1) is 22.3 Å². The van der Waals surface area contributed by atoms with Gasteiger partial charge in [-0.1, -0.05) is 17.7 Å². The van der Waals surface area contributed by atoms with Crippen LogP contribution in [0.1, 0.15) is 10.4 Å². The van der Waals surface area contributed by atoms with Gasteiger partial charge in [0.15, 0.2) is 0 Å². The van der Waals surface area contributed by atoms with Crippen LogP contribution in [0.15, 0.2) is 71.9 Å². The predicted octanol–water partition coefficient (Wildman–Crippen LogP) is 3.93. The van der Waals surface area contributed by atoms with Crippen LogP contribution in [0.25, 0.3) is 0 Å². The summed E-state index contributed by atoms with van der Waals surface area (Å²) in [4.78, 5) is 16.2. The van der Waals surface area contributed by atoms with Crippen LogP contribution in [0.4, 0.5) is 15.8 Å². The number of nitrogens with one attached hydrogen (secondary N) is 2. The highest BCUT2D eigenvalue weighted by Crippen LogP contribution is 2.19. The van der Waals surface area contributed by atoms with E-state index in [0.717, 1.165) is 0 Å². The Morgan fingerprint density at radius 1 is 1.00 bits per heavy atom. The summed E-state index contributed by atoms with van der Waals surface area (Å²) < 4.78 is 40.4. The van der Waals surface area contributed by atoms with Crippen molar-refractivity contribution in [3.8, 4) is 0 Å². The van der Waals surface area contributed by atoms with Gasteiger partial charge in [-0.25, -0.2) is 12.8 Å². The van der Waals surface area contributed by atoms with E-state index in [4.69, 9.17) is 11.6 Å². The maximum Gasteiger partial charge on any atom is 0.261 e. The van der Waals surface area contributed by atoms with Gasteiger partial charge in [0.25, 0.3) is 15.9 Å². The smallest absolute Gasteiger partial charge is 0.261 e. The highest BCUT2D eigenvalue weighted by Gasteiger charge is 2.15. The molecule has 0 aliphatic rings. The second-order valence-corrected chi connectivity index (χ2v) is 7.61. The number of carbonyl (C=O) groups excluding carboxylic acids is 1. The topological polar surface area (TPSA) is 88.2 Å². The number of halogens is 2. The van der Waals surface area contributed by atoms with Crippen LogP contribution in [0.5, 0.6) is 0 Å². The summed E-state index contributed by atoms with van der Waals surface area (Å²) in [6, 6.07) is 12.4. The largest absolute Gasteiger partial charge is 0.322 e. The van der Waals surface area contributed by atoms with Gasteiger partial charge in [-0.05, 0) is 48.5 Å². The molecular weight excluding hydrogens is 393 g/mol. The molecule has 0 spiro atoms. The van der Waals surface area contributed by atoms with Crippen molar-refractivity contribution in [2.45, 2.75) is 4.90 Å². The van der Waals surface area contributed by atoms with Gasteiger partial charge in [-0.15, -0.1) is 0 Å². The molecule has 1 heterocycles. The number of pyridine rings is 1. The first-order valence-corrected chi connectivity index (χ1v) is 9.50. The van der Waals surface area contributed by atoms with Crippen molar-refractivity contribution in [2.75, 3.05) is 10.0 Å². The van der Waals surface area contributed by atoms with E-state index in [1.54, 1.807) is 0 Å². The van der Waals surface area contributed by atoms with Crippen molar-refractivity contribution in [3.05, 3.63) is 83.4 Å². The lowest BCUT2D eigenvalue weighted by Crippen LogP contribution is -2.15. The minimum Gasteiger partial charge on any atom is -0.322 e. The molecule has 2 N–H and O–H groups in total. The molecule has 0 bridgehead atoms. The first-order valence-electron chi connectivity index (χ1n) is 7.64. The molecule has 2 aromatic carbocycles. The van der Waals surface area contributed by atoms with E-state index in [-0.39, 0.29) is 21.8 Å². The lowest BCUT2D eigenvalue weighted by Gasteiger charge is -2.10. The summed E-state index contributed by atoms with van der Waals surface area (Å²) in [5.41, 5.74) is 0.486. The molecule has 1 aromatic heterocycles. The quantitative estimate of drug-likeness (QED) is 0.673. The molecule has 0 aliphatic carbocycles. The van der Waals surface area contributed by atoms with Crippen molar-refractivity contribution >= 4 is 38.9 Å². The number of hydrogen-bond donors (Lipinski definition) is 2. The standard InChI is InChI=1S/C18H13ClFN3O3S/c19-13-4-6-17(7-5-13)27(25,26)23-16-8-12(10-21-11-16)18(24)22-15-3-1-2-14(20)9-15/h1-11,23H,(H,22,24). The molecule has 0 fully saturated rings. The van der Waals surface area contributed by atoms with E-state index < -0.39 is 21.7 Å². The zero-order valence-corrected chi connectivity index (χ0v) is 15.3. The zero-order chi connectivity index (χ0) is 19.4. The van der Waals surface area contributed by atoms with E-state index in [0.29, 0.717) is 5.02 Å². The Kier molecular flexibility index (Phi) is 5.38. The lowest BCUT2D eigenvalue weighted by molar-refractivity contribution is 0.102. The number of nitrogens with zero attached hydrogens (tertiary/aromatic N) is 1. The summed E-state index contributed by atoms with van der Waals surface area (Å²) in [6.45, 7) is 0. The minimum atomic E-state index is -3.87. The third-order valence-electron chi connectivity index (χ3n) is 3.46. The number of sulfonamides is 1. The molecule has 0 aliphatic heterocycles. The van der Waals surface area contributed by atoms with Gasteiger partial charge >= 0.3 is 0 Å². The Morgan fingerprint density at radius 3 is 2.44 bits per heavy atom. The molecule has 0 saturated heterocycles. The SMILES string of the molecule is O=C(Nc1cccc(F)c1)c1cncc(NS(=O)(=O)c2ccc(Cl)cc2)c1. The van der Waals surface area contributed by atoms with Gasteiger partial charge in [-0.3, -0.25) is 14.5 Å². The van der Waals surface area contributed by atoms with Crippen molar-refractivity contribution < 1.29 is 17.6 Å². The number of rotatable bonds is 5. The van der Waals surface area contributed by atoms with Crippen LogP contribution in [0, 0.1) is 5.82 Å². The van der Waals surface area contributed by atoms with Crippen molar-refractivity contribution in [1.29, 1.82) is 0 Å². The Balaban J connectivity index is 1.79. The van der Waals surface area contributed by atoms with Gasteiger partial charge in [-0.2, -0.15) is 0 Å². The van der Waals surface area contributed by atoms with Gasteiger partial charge in [0, 0.05) is 16.9 Å². The number of anilines is 2. The number of amides is 1. The number of aromatic nitrogens is 1. The van der Waals surface area contributed by atoms with Crippen molar-refractivity contribution in [3.63, 3.8) is 0 Å². The fraction of sp³-hybridized carbons (Fsp3) is 0. The highest BCUT2D eigenvalue weighted by atomic mass is 35.5. The van der Waals surface area contributed by atoms with E-state index in [2.05, 4.69) is 15.0 Å². The summed E-state index contributed by atoms with van der Waals surface area (Å²) in [5.74, 6) is -1.05. The average Bonchev–Trinajstić information content (AvgIpc) is 2.62. The second kappa shape index (κ2) is 7.73. The normalized spacial score (nSPS) is 11.0. The third-order valence-corrected chi connectivity index (χ3v) is 5.11. The first kappa shape index (κ1) is 18.8. The molecule has 0 saturated carbocycles. The molecule has 9 heteroatoms. The molecular formula is C18H13ClFN3O3S. The first-order chi connectivity index (χ1) is 12.8. The van der Waals surface area contributed by atoms with Gasteiger partial charge < -0.3 is 5.32 Å². The molecule has 1 amide bonds. The van der Waals surface area contributed by atoms with E-state index in [1.807, 2.05) is 0 Å². The summed E-state index contributed by atoms with van der Waals surface area (Å²) in [7, 11) is -3.87. The fourth-order valence-electron chi connectivity index (χ4n) is 2.22. The summed E-state index contributed by atoms with van der Waals surface area (Å²) in [6.07, 6.45) is 2.54. The summed E-state index contributed by atoms with van der Waals surface area (Å²) in [5, 5.41) is 2.93. The number of hydrogen-bond acceptors (Lipinski definition) is 4. The Morgan fingerprint density at radius 2 is 1.74 bits per heavy atom. The van der Waals surface area contributed by atoms with Crippen molar-refractivity contribution in [2.24, 2.45) is 0 Å². The Hall–Kier alpha value is -2.97. The van der Waals surface area contributed by atoms with Crippen LogP contribution >= 0.6 is 11.6 Å². The molecule has 0 atom stereocenters. The molecule has 3 aromatic rings. The molecule has 3 rings (SSSR count). The fourth-order valence-corrected chi connectivity index (χ4v) is 3.38. The van der Waals surface area contributed by atoms with Crippen LogP contribution in [-0.2, 0) is 10.0 Å². The predicted molar refractivity (Wildman–Crippen MR) is 101 cm³/mol. The molecule has 27 heavy (non-hydrogen) atoms. The molecule has 138 valence electrons. The van der Waals surface area contributed by atoms with E-state index >= 15 is 0 Å². The molecule has 0 radical (unpaired) electrons. The lowest BCUT2D eigenvalue weighted by atomic mass is 10.2.